The van der Waals surface area contributed by atoms with Gasteiger partial charge in [-0.2, -0.15) is 0 Å². The Balaban J connectivity index is 2.74. The monoisotopic (exact) mass is 281 g/mol. The Hall–Kier alpha value is -0.830. The molecular formula is C16H24ClNO. The van der Waals surface area contributed by atoms with E-state index in [-0.39, 0.29) is 0 Å². The summed E-state index contributed by atoms with van der Waals surface area (Å²) in [6.07, 6.45) is 0. The van der Waals surface area contributed by atoms with E-state index in [1.165, 1.54) is 11.1 Å². The van der Waals surface area contributed by atoms with E-state index in [9.17, 15) is 0 Å². The molecule has 0 aromatic heterocycles. The summed E-state index contributed by atoms with van der Waals surface area (Å²) >= 11 is 5.95. The van der Waals surface area contributed by atoms with Gasteiger partial charge in [0, 0.05) is 31.1 Å². The van der Waals surface area contributed by atoms with E-state index in [1.54, 1.807) is 7.11 Å². The fraction of sp³-hybridized carbons (Fsp3) is 0.500. The molecular weight excluding hydrogens is 258 g/mol. The van der Waals surface area contributed by atoms with Crippen LogP contribution in [0.3, 0.4) is 0 Å². The van der Waals surface area contributed by atoms with Gasteiger partial charge in [0.25, 0.3) is 0 Å². The second kappa shape index (κ2) is 8.36. The van der Waals surface area contributed by atoms with Crippen LogP contribution in [0.5, 0.6) is 0 Å². The molecule has 19 heavy (non-hydrogen) atoms. The molecule has 0 spiro atoms. The molecule has 106 valence electrons. The summed E-state index contributed by atoms with van der Waals surface area (Å²) in [5.41, 5.74) is 2.50. The van der Waals surface area contributed by atoms with Gasteiger partial charge in [0.1, 0.15) is 0 Å². The highest BCUT2D eigenvalue weighted by molar-refractivity contribution is 6.30. The first-order valence-corrected chi connectivity index (χ1v) is 7.07. The molecule has 0 aliphatic carbocycles. The molecule has 1 aromatic rings. The molecule has 3 heteroatoms. The largest absolute Gasteiger partial charge is 0.383 e. The van der Waals surface area contributed by atoms with Crippen molar-refractivity contribution in [3.63, 3.8) is 0 Å². The molecule has 1 atom stereocenters. The molecule has 0 heterocycles. The van der Waals surface area contributed by atoms with E-state index in [0.717, 1.165) is 24.7 Å². The van der Waals surface area contributed by atoms with Crippen LogP contribution in [0.15, 0.2) is 36.4 Å². The second-order valence-electron chi connectivity index (χ2n) is 5.03. The normalized spacial score (nSPS) is 12.7. The van der Waals surface area contributed by atoms with Crippen molar-refractivity contribution in [1.82, 2.24) is 5.32 Å². The molecule has 1 N–H and O–H groups in total. The molecule has 0 radical (unpaired) electrons. The fourth-order valence-corrected chi connectivity index (χ4v) is 2.11. The summed E-state index contributed by atoms with van der Waals surface area (Å²) in [5.74, 6) is 0.777. The van der Waals surface area contributed by atoms with E-state index in [2.05, 4.69) is 37.9 Å². The minimum absolute atomic E-state index is 0.314. The summed E-state index contributed by atoms with van der Waals surface area (Å²) in [6, 6.07) is 8.04. The number of ether oxygens (including phenoxy) is 1. The quantitative estimate of drug-likeness (QED) is 0.577. The van der Waals surface area contributed by atoms with Crippen LogP contribution in [0.4, 0.5) is 0 Å². The third-order valence-electron chi connectivity index (χ3n) is 3.29. The van der Waals surface area contributed by atoms with E-state index in [1.807, 2.05) is 12.1 Å². The van der Waals surface area contributed by atoms with Gasteiger partial charge in [-0.15, -0.1) is 0 Å². The maximum absolute atomic E-state index is 5.95. The maximum atomic E-state index is 5.95. The summed E-state index contributed by atoms with van der Waals surface area (Å²) in [4.78, 5) is 0. The van der Waals surface area contributed by atoms with Gasteiger partial charge in [-0.3, -0.25) is 0 Å². The average molecular weight is 282 g/mol. The van der Waals surface area contributed by atoms with Crippen LogP contribution in [0, 0.1) is 5.92 Å². The van der Waals surface area contributed by atoms with Crippen LogP contribution in [-0.2, 0) is 4.74 Å². The Labute approximate surface area is 121 Å². The number of methoxy groups -OCH3 is 1. The Morgan fingerprint density at radius 2 is 1.95 bits per heavy atom. The third-order valence-corrected chi connectivity index (χ3v) is 3.54. The molecule has 0 fully saturated rings. The summed E-state index contributed by atoms with van der Waals surface area (Å²) < 4.78 is 5.05. The topological polar surface area (TPSA) is 21.3 Å². The summed E-state index contributed by atoms with van der Waals surface area (Å²) in [5, 5.41) is 4.18. The van der Waals surface area contributed by atoms with Gasteiger partial charge in [0.2, 0.25) is 0 Å². The number of hydrogen-bond acceptors (Lipinski definition) is 2. The summed E-state index contributed by atoms with van der Waals surface area (Å²) in [7, 11) is 1.71. The zero-order chi connectivity index (χ0) is 14.3. The van der Waals surface area contributed by atoms with Crippen molar-refractivity contribution in [1.29, 1.82) is 0 Å². The van der Waals surface area contributed by atoms with Gasteiger partial charge >= 0.3 is 0 Å². The minimum atomic E-state index is 0.314. The van der Waals surface area contributed by atoms with Crippen LogP contribution in [0.25, 0.3) is 0 Å². The minimum Gasteiger partial charge on any atom is -0.383 e. The molecule has 0 saturated heterocycles. The predicted molar refractivity (Wildman–Crippen MR) is 82.9 cm³/mol. The van der Waals surface area contributed by atoms with Crippen molar-refractivity contribution in [2.24, 2.45) is 5.92 Å². The van der Waals surface area contributed by atoms with Crippen LogP contribution in [0.1, 0.15) is 25.3 Å². The fourth-order valence-electron chi connectivity index (χ4n) is 1.98. The SMILES string of the molecule is C=C(C(C)C)[C@H](CNCCOC)c1ccc(Cl)cc1. The maximum Gasteiger partial charge on any atom is 0.0587 e. The number of hydrogen-bond donors (Lipinski definition) is 1. The van der Waals surface area contributed by atoms with Gasteiger partial charge in [-0.1, -0.05) is 49.7 Å². The lowest BCUT2D eigenvalue weighted by atomic mass is 9.86. The van der Waals surface area contributed by atoms with Crippen LogP contribution in [0.2, 0.25) is 5.02 Å². The Bertz CT molecular complexity index is 386. The summed E-state index contributed by atoms with van der Waals surface area (Å²) in [6.45, 7) is 11.1. The zero-order valence-electron chi connectivity index (χ0n) is 12.1. The van der Waals surface area contributed by atoms with Crippen molar-refractivity contribution in [2.45, 2.75) is 19.8 Å². The Morgan fingerprint density at radius 3 is 2.47 bits per heavy atom. The molecule has 0 unspecified atom stereocenters. The second-order valence-corrected chi connectivity index (χ2v) is 5.47. The average Bonchev–Trinajstić information content (AvgIpc) is 2.39. The highest BCUT2D eigenvalue weighted by Gasteiger charge is 2.17. The van der Waals surface area contributed by atoms with Crippen molar-refractivity contribution in [3.8, 4) is 0 Å². The van der Waals surface area contributed by atoms with Gasteiger partial charge in [0.15, 0.2) is 0 Å². The first kappa shape index (κ1) is 16.2. The standard InChI is InChI=1S/C16H24ClNO/c1-12(2)13(3)16(11-18-9-10-19-4)14-5-7-15(17)8-6-14/h5-8,12,16,18H,3,9-11H2,1-2,4H3/t16-/m0/s1. The molecule has 0 aliphatic heterocycles. The smallest absolute Gasteiger partial charge is 0.0587 e. The van der Waals surface area contributed by atoms with Crippen molar-refractivity contribution < 1.29 is 4.74 Å². The third kappa shape index (κ3) is 5.35. The molecule has 2 nitrogen and oxygen atoms in total. The van der Waals surface area contributed by atoms with Gasteiger partial charge in [-0.05, 0) is 23.6 Å². The van der Waals surface area contributed by atoms with E-state index in [0.29, 0.717) is 11.8 Å². The number of rotatable bonds is 8. The zero-order valence-corrected chi connectivity index (χ0v) is 12.8. The Kier molecular flexibility index (Phi) is 7.14. The number of benzene rings is 1. The van der Waals surface area contributed by atoms with Crippen molar-refractivity contribution in [3.05, 3.63) is 47.0 Å². The molecule has 0 bridgehead atoms. The van der Waals surface area contributed by atoms with Crippen LogP contribution >= 0.6 is 11.6 Å². The van der Waals surface area contributed by atoms with Gasteiger partial charge < -0.3 is 10.1 Å². The van der Waals surface area contributed by atoms with Gasteiger partial charge in [-0.25, -0.2) is 0 Å². The first-order valence-electron chi connectivity index (χ1n) is 6.70. The molecule has 0 saturated carbocycles. The van der Waals surface area contributed by atoms with E-state index >= 15 is 0 Å². The van der Waals surface area contributed by atoms with Crippen LogP contribution in [-0.4, -0.2) is 26.8 Å². The number of nitrogens with one attached hydrogen (secondary N) is 1. The number of halogens is 1. The van der Waals surface area contributed by atoms with Crippen molar-refractivity contribution >= 4 is 11.6 Å². The van der Waals surface area contributed by atoms with E-state index in [4.69, 9.17) is 16.3 Å². The molecule has 1 aromatic carbocycles. The van der Waals surface area contributed by atoms with Crippen molar-refractivity contribution in [2.75, 3.05) is 26.8 Å². The van der Waals surface area contributed by atoms with Crippen LogP contribution < -0.4 is 5.32 Å². The first-order chi connectivity index (χ1) is 9.06. The highest BCUT2D eigenvalue weighted by atomic mass is 35.5. The lowest BCUT2D eigenvalue weighted by Crippen LogP contribution is -2.26. The lowest BCUT2D eigenvalue weighted by molar-refractivity contribution is 0.199. The Morgan fingerprint density at radius 1 is 1.32 bits per heavy atom. The van der Waals surface area contributed by atoms with Gasteiger partial charge in [0.05, 0.1) is 6.61 Å². The highest BCUT2D eigenvalue weighted by Crippen LogP contribution is 2.28. The van der Waals surface area contributed by atoms with E-state index < -0.39 is 0 Å². The lowest BCUT2D eigenvalue weighted by Gasteiger charge is -2.23. The molecule has 0 aliphatic rings. The predicted octanol–water partition coefficient (Wildman–Crippen LogP) is 3.87. The molecule has 0 amide bonds. The molecule has 1 rings (SSSR count).